The number of aryl methyl sites for hydroxylation is 1. The summed E-state index contributed by atoms with van der Waals surface area (Å²) in [7, 11) is 1.71. The van der Waals surface area contributed by atoms with E-state index in [9.17, 15) is 0 Å². The zero-order chi connectivity index (χ0) is 15.5. The second kappa shape index (κ2) is 7.75. The molecule has 0 radical (unpaired) electrons. The summed E-state index contributed by atoms with van der Waals surface area (Å²) in [4.78, 5) is 4.66. The van der Waals surface area contributed by atoms with Crippen LogP contribution in [0.1, 0.15) is 51.1 Å². The Hall–Kier alpha value is 0.0500. The third-order valence-corrected chi connectivity index (χ3v) is 6.67. The number of nitrogens with zero attached hydrogens (tertiary/aromatic N) is 2. The summed E-state index contributed by atoms with van der Waals surface area (Å²) in [5.74, 6) is 0. The Morgan fingerprint density at radius 3 is 2.86 bits per heavy atom. The lowest BCUT2D eigenvalue weighted by Gasteiger charge is -2.24. The molecule has 1 fully saturated rings. The number of fused-ring (bicyclic) bond motifs is 1. The zero-order valence-corrected chi connectivity index (χ0v) is 17.3. The van der Waals surface area contributed by atoms with E-state index in [-0.39, 0.29) is 0 Å². The van der Waals surface area contributed by atoms with Gasteiger partial charge in [-0.05, 0) is 41.3 Å². The average Bonchev–Trinajstić information content (AvgIpc) is 2.89. The molecule has 0 atom stereocenters. The molecule has 0 amide bonds. The standard InChI is InChI=1S/C16H21BrIN3S/c1-2-6-12-9-13-15(20-11-7-4-3-5-8-11)14(17)10-19-16(13)21(12)22-18/h9-11H,2-8H2,1H3,(H,19,20). The van der Waals surface area contributed by atoms with Crippen LogP contribution in [0.5, 0.6) is 0 Å². The van der Waals surface area contributed by atoms with Crippen LogP contribution in [-0.4, -0.2) is 15.0 Å². The molecule has 0 unspecified atom stereocenters. The van der Waals surface area contributed by atoms with Gasteiger partial charge in [-0.3, -0.25) is 3.97 Å². The molecule has 0 bridgehead atoms. The molecule has 1 N–H and O–H groups in total. The van der Waals surface area contributed by atoms with Crippen LogP contribution in [0.3, 0.4) is 0 Å². The third-order valence-electron chi connectivity index (χ3n) is 4.34. The minimum atomic E-state index is 0.598. The third kappa shape index (κ3) is 3.43. The first-order valence-corrected chi connectivity index (χ1v) is 12.1. The van der Waals surface area contributed by atoms with Crippen molar-refractivity contribution in [3.05, 3.63) is 22.4 Å². The molecule has 2 aromatic rings. The van der Waals surface area contributed by atoms with Crippen molar-refractivity contribution in [3.63, 3.8) is 0 Å². The SMILES string of the molecule is CCCc1cc2c(NC3CCCCC3)c(Br)cnc2n1SI. The molecule has 1 saturated carbocycles. The molecule has 0 aliphatic heterocycles. The van der Waals surface area contributed by atoms with Crippen molar-refractivity contribution in [2.75, 3.05) is 5.32 Å². The van der Waals surface area contributed by atoms with E-state index in [0.717, 1.165) is 23.0 Å². The lowest BCUT2D eigenvalue weighted by atomic mass is 9.95. The van der Waals surface area contributed by atoms with Crippen LogP contribution in [0.25, 0.3) is 11.0 Å². The lowest BCUT2D eigenvalue weighted by Crippen LogP contribution is -2.22. The minimum absolute atomic E-state index is 0.598. The van der Waals surface area contributed by atoms with Crippen LogP contribution in [0.15, 0.2) is 16.7 Å². The van der Waals surface area contributed by atoms with E-state index < -0.39 is 0 Å². The van der Waals surface area contributed by atoms with Crippen LogP contribution in [0.4, 0.5) is 5.69 Å². The van der Waals surface area contributed by atoms with E-state index in [2.05, 4.69) is 64.4 Å². The Morgan fingerprint density at radius 1 is 1.41 bits per heavy atom. The average molecular weight is 494 g/mol. The molecule has 3 rings (SSSR count). The number of hydrogen-bond donors (Lipinski definition) is 1. The number of nitrogens with one attached hydrogen (secondary N) is 1. The van der Waals surface area contributed by atoms with Crippen molar-refractivity contribution in [2.24, 2.45) is 0 Å². The number of pyridine rings is 1. The van der Waals surface area contributed by atoms with E-state index in [4.69, 9.17) is 0 Å². The van der Waals surface area contributed by atoms with Gasteiger partial charge in [0.2, 0.25) is 0 Å². The van der Waals surface area contributed by atoms with Gasteiger partial charge in [-0.2, -0.15) is 0 Å². The highest BCUT2D eigenvalue weighted by Gasteiger charge is 2.19. The maximum Gasteiger partial charge on any atom is 0.152 e. The normalized spacial score (nSPS) is 16.3. The molecule has 1 aliphatic carbocycles. The smallest absolute Gasteiger partial charge is 0.152 e. The van der Waals surface area contributed by atoms with Gasteiger partial charge in [-0.25, -0.2) is 4.98 Å². The van der Waals surface area contributed by atoms with Crippen LogP contribution < -0.4 is 5.32 Å². The van der Waals surface area contributed by atoms with Gasteiger partial charge in [0.15, 0.2) is 5.65 Å². The molecule has 0 aromatic carbocycles. The fourth-order valence-electron chi connectivity index (χ4n) is 3.26. The van der Waals surface area contributed by atoms with Gasteiger partial charge < -0.3 is 5.32 Å². The Morgan fingerprint density at radius 2 is 2.18 bits per heavy atom. The molecule has 6 heteroatoms. The van der Waals surface area contributed by atoms with Gasteiger partial charge in [0.05, 0.1) is 10.2 Å². The van der Waals surface area contributed by atoms with Crippen molar-refractivity contribution in [1.82, 2.24) is 8.96 Å². The molecule has 120 valence electrons. The second-order valence-corrected chi connectivity index (χ2v) is 8.49. The molecule has 3 nitrogen and oxygen atoms in total. The van der Waals surface area contributed by atoms with Gasteiger partial charge in [0.25, 0.3) is 0 Å². The Bertz CT molecular complexity index is 652. The number of halogens is 2. The van der Waals surface area contributed by atoms with E-state index in [0.29, 0.717) is 6.04 Å². The predicted molar refractivity (Wildman–Crippen MR) is 109 cm³/mol. The van der Waals surface area contributed by atoms with Gasteiger partial charge in [0, 0.05) is 53.6 Å². The fraction of sp³-hybridized carbons (Fsp3) is 0.562. The molecule has 2 aromatic heterocycles. The molecular formula is C16H21BrIN3S. The van der Waals surface area contributed by atoms with Gasteiger partial charge >= 0.3 is 0 Å². The first-order valence-electron chi connectivity index (χ1n) is 7.99. The van der Waals surface area contributed by atoms with Crippen molar-refractivity contribution < 1.29 is 0 Å². The Kier molecular flexibility index (Phi) is 5.95. The highest BCUT2D eigenvalue weighted by Crippen LogP contribution is 2.37. The van der Waals surface area contributed by atoms with Crippen LogP contribution >= 0.6 is 46.3 Å². The summed E-state index contributed by atoms with van der Waals surface area (Å²) >= 11 is 6.04. The quantitative estimate of drug-likeness (QED) is 0.492. The fourth-order valence-corrected chi connectivity index (χ4v) is 5.45. The van der Waals surface area contributed by atoms with Crippen molar-refractivity contribution in [1.29, 1.82) is 0 Å². The number of aromatic nitrogens is 2. The Balaban J connectivity index is 2.02. The molecule has 0 saturated heterocycles. The summed E-state index contributed by atoms with van der Waals surface area (Å²) < 4.78 is 3.34. The number of hydrogen-bond acceptors (Lipinski definition) is 3. The summed E-state index contributed by atoms with van der Waals surface area (Å²) in [5, 5.41) is 5.03. The number of rotatable bonds is 5. The van der Waals surface area contributed by atoms with Crippen molar-refractivity contribution in [3.8, 4) is 0 Å². The van der Waals surface area contributed by atoms with Crippen LogP contribution in [-0.2, 0) is 6.42 Å². The maximum atomic E-state index is 4.66. The predicted octanol–water partition coefficient (Wildman–Crippen LogP) is 6.34. The monoisotopic (exact) mass is 493 g/mol. The first kappa shape index (κ1) is 16.9. The molecule has 1 aliphatic rings. The van der Waals surface area contributed by atoms with Gasteiger partial charge in [0.1, 0.15) is 0 Å². The van der Waals surface area contributed by atoms with Crippen LogP contribution in [0, 0.1) is 0 Å². The highest BCUT2D eigenvalue weighted by molar-refractivity contribution is 14.2. The van der Waals surface area contributed by atoms with Crippen molar-refractivity contribution >= 4 is 63.0 Å². The van der Waals surface area contributed by atoms with E-state index in [1.165, 1.54) is 48.9 Å². The Labute approximate surface area is 156 Å². The largest absolute Gasteiger partial charge is 0.381 e. The van der Waals surface area contributed by atoms with E-state index >= 15 is 0 Å². The van der Waals surface area contributed by atoms with Crippen LogP contribution in [0.2, 0.25) is 0 Å². The summed E-state index contributed by atoms with van der Waals surface area (Å²) in [6.45, 7) is 2.23. The molecule has 22 heavy (non-hydrogen) atoms. The lowest BCUT2D eigenvalue weighted by molar-refractivity contribution is 0.463. The van der Waals surface area contributed by atoms with E-state index in [1.54, 1.807) is 9.12 Å². The second-order valence-electron chi connectivity index (χ2n) is 5.95. The minimum Gasteiger partial charge on any atom is -0.381 e. The summed E-state index contributed by atoms with van der Waals surface area (Å²) in [6, 6.07) is 2.91. The molecule has 0 spiro atoms. The first-order chi connectivity index (χ1) is 10.7. The maximum absolute atomic E-state index is 4.66. The van der Waals surface area contributed by atoms with E-state index in [1.807, 2.05) is 6.20 Å². The highest BCUT2D eigenvalue weighted by atomic mass is 127. The molecular weight excluding hydrogens is 473 g/mol. The summed E-state index contributed by atoms with van der Waals surface area (Å²) in [5.41, 5.74) is 3.65. The molecule has 2 heterocycles. The number of anilines is 1. The van der Waals surface area contributed by atoms with Crippen molar-refractivity contribution in [2.45, 2.75) is 57.9 Å². The van der Waals surface area contributed by atoms with Gasteiger partial charge in [-0.15, -0.1) is 0 Å². The van der Waals surface area contributed by atoms with Gasteiger partial charge in [-0.1, -0.05) is 32.6 Å². The topological polar surface area (TPSA) is 29.9 Å². The zero-order valence-electron chi connectivity index (χ0n) is 12.7. The summed E-state index contributed by atoms with van der Waals surface area (Å²) in [6.07, 6.45) is 10.8.